The summed E-state index contributed by atoms with van der Waals surface area (Å²) in [7, 11) is 0. The van der Waals surface area contributed by atoms with Crippen LogP contribution in [0.2, 0.25) is 0 Å². The monoisotopic (exact) mass is 380 g/mol. The number of Topliss-reactive ketones (excluding diaryl/α,β-unsaturated/α-hetero) is 1. The van der Waals surface area contributed by atoms with E-state index in [4.69, 9.17) is 0 Å². The summed E-state index contributed by atoms with van der Waals surface area (Å²) >= 11 is 0. The maximum atomic E-state index is 12.9. The van der Waals surface area contributed by atoms with Crippen LogP contribution < -0.4 is 10.2 Å². The Kier molecular flexibility index (Phi) is 4.94. The van der Waals surface area contributed by atoms with Crippen LogP contribution in [-0.2, 0) is 16.0 Å². The van der Waals surface area contributed by atoms with Gasteiger partial charge in [0.1, 0.15) is 5.82 Å². The Balaban J connectivity index is 1.36. The zero-order valence-corrected chi connectivity index (χ0v) is 15.4. The van der Waals surface area contributed by atoms with Gasteiger partial charge in [-0.05, 0) is 61.2 Å². The molecule has 144 valence electrons. The first-order valence-corrected chi connectivity index (χ1v) is 9.54. The van der Waals surface area contributed by atoms with E-state index in [1.807, 2.05) is 23.1 Å². The average molecular weight is 380 g/mol. The van der Waals surface area contributed by atoms with Crippen molar-refractivity contribution >= 4 is 29.0 Å². The first-order chi connectivity index (χ1) is 13.5. The van der Waals surface area contributed by atoms with E-state index in [-0.39, 0.29) is 36.4 Å². The maximum absolute atomic E-state index is 12.9. The molecular formula is C22H21FN2O3. The van der Waals surface area contributed by atoms with Crippen LogP contribution in [0, 0.1) is 11.7 Å². The summed E-state index contributed by atoms with van der Waals surface area (Å²) in [6.45, 7) is 0.689. The lowest BCUT2D eigenvalue weighted by Crippen LogP contribution is -2.30. The normalized spacial score (nSPS) is 15.2. The predicted molar refractivity (Wildman–Crippen MR) is 104 cm³/mol. The van der Waals surface area contributed by atoms with Crippen LogP contribution in [0.3, 0.4) is 0 Å². The van der Waals surface area contributed by atoms with Gasteiger partial charge in [-0.25, -0.2) is 4.39 Å². The fourth-order valence-electron chi connectivity index (χ4n) is 3.47. The lowest BCUT2D eigenvalue weighted by Gasteiger charge is -2.18. The molecule has 0 bridgehead atoms. The van der Waals surface area contributed by atoms with Crippen molar-refractivity contribution in [3.8, 4) is 0 Å². The fraction of sp³-hybridized carbons (Fsp3) is 0.318. The summed E-state index contributed by atoms with van der Waals surface area (Å²) < 4.78 is 12.9. The summed E-state index contributed by atoms with van der Waals surface area (Å²) in [6.07, 6.45) is 2.84. The molecule has 2 aromatic carbocycles. The minimum Gasteiger partial charge on any atom is -0.326 e. The van der Waals surface area contributed by atoms with Crippen molar-refractivity contribution in [3.63, 3.8) is 0 Å². The summed E-state index contributed by atoms with van der Waals surface area (Å²) in [5.41, 5.74) is 2.99. The van der Waals surface area contributed by atoms with Gasteiger partial charge in [-0.2, -0.15) is 0 Å². The molecule has 2 aliphatic rings. The molecule has 1 aliphatic heterocycles. The quantitative estimate of drug-likeness (QED) is 0.777. The van der Waals surface area contributed by atoms with Crippen LogP contribution in [0.15, 0.2) is 42.5 Å². The molecule has 28 heavy (non-hydrogen) atoms. The number of carbonyl (C=O) groups excluding carboxylic acids is 3. The molecule has 2 aromatic rings. The highest BCUT2D eigenvalue weighted by Gasteiger charge is 2.36. The maximum Gasteiger partial charge on any atom is 0.230 e. The minimum absolute atomic E-state index is 0.0397. The third kappa shape index (κ3) is 3.96. The summed E-state index contributed by atoms with van der Waals surface area (Å²) in [4.78, 5) is 38.6. The molecule has 0 spiro atoms. The van der Waals surface area contributed by atoms with Crippen LogP contribution in [-0.4, -0.2) is 24.1 Å². The van der Waals surface area contributed by atoms with E-state index in [1.54, 1.807) is 0 Å². The molecule has 0 aromatic heterocycles. The first kappa shape index (κ1) is 18.3. The molecule has 1 heterocycles. The Hall–Kier alpha value is -3.02. The van der Waals surface area contributed by atoms with Gasteiger partial charge in [-0.15, -0.1) is 0 Å². The summed E-state index contributed by atoms with van der Waals surface area (Å²) in [5, 5.41) is 2.80. The lowest BCUT2D eigenvalue weighted by molar-refractivity contribution is -0.119. The topological polar surface area (TPSA) is 66.5 Å². The Bertz CT molecular complexity index is 935. The average Bonchev–Trinajstić information content (AvgIpc) is 3.46. The van der Waals surface area contributed by atoms with Gasteiger partial charge in [0.05, 0.1) is 0 Å². The Morgan fingerprint density at radius 3 is 2.50 bits per heavy atom. The number of carbonyl (C=O) groups is 3. The van der Waals surface area contributed by atoms with E-state index >= 15 is 0 Å². The number of ketones is 1. The Morgan fingerprint density at radius 1 is 1.04 bits per heavy atom. The molecule has 6 heteroatoms. The van der Waals surface area contributed by atoms with Crippen molar-refractivity contribution in [2.45, 2.75) is 32.1 Å². The van der Waals surface area contributed by atoms with Crippen molar-refractivity contribution in [1.29, 1.82) is 0 Å². The highest BCUT2D eigenvalue weighted by atomic mass is 19.1. The third-order valence-corrected chi connectivity index (χ3v) is 5.20. The number of halogens is 1. The molecule has 2 amide bonds. The molecule has 0 unspecified atom stereocenters. The second-order valence-corrected chi connectivity index (χ2v) is 7.34. The van der Waals surface area contributed by atoms with Gasteiger partial charge in [-0.1, -0.05) is 6.07 Å². The zero-order valence-electron chi connectivity index (χ0n) is 15.4. The zero-order chi connectivity index (χ0) is 19.7. The number of anilines is 2. The number of rotatable bonds is 6. The number of nitrogens with one attached hydrogen (secondary N) is 1. The van der Waals surface area contributed by atoms with Gasteiger partial charge in [0, 0.05) is 42.2 Å². The number of benzene rings is 2. The molecule has 5 nitrogen and oxygen atoms in total. The highest BCUT2D eigenvalue weighted by molar-refractivity contribution is 6.01. The molecule has 1 fully saturated rings. The lowest BCUT2D eigenvalue weighted by atomic mass is 10.1. The van der Waals surface area contributed by atoms with E-state index in [9.17, 15) is 18.8 Å². The number of amides is 2. The first-order valence-electron chi connectivity index (χ1n) is 9.54. The van der Waals surface area contributed by atoms with Crippen molar-refractivity contribution < 1.29 is 18.8 Å². The van der Waals surface area contributed by atoms with Crippen LogP contribution >= 0.6 is 0 Å². The van der Waals surface area contributed by atoms with E-state index < -0.39 is 5.82 Å². The SMILES string of the molecule is O=C(CCC(=O)c1ccc(F)cc1)Nc1ccc2c(c1)N(C(=O)C1CC1)CC2. The largest absolute Gasteiger partial charge is 0.326 e. The van der Waals surface area contributed by atoms with E-state index in [1.165, 1.54) is 24.3 Å². The molecule has 4 rings (SSSR count). The molecule has 1 saturated carbocycles. The van der Waals surface area contributed by atoms with Crippen molar-refractivity contribution in [1.82, 2.24) is 0 Å². The number of fused-ring (bicyclic) bond motifs is 1. The minimum atomic E-state index is -0.403. The van der Waals surface area contributed by atoms with Crippen LogP contribution in [0.1, 0.15) is 41.6 Å². The van der Waals surface area contributed by atoms with Crippen LogP contribution in [0.25, 0.3) is 0 Å². The van der Waals surface area contributed by atoms with E-state index in [2.05, 4.69) is 5.32 Å². The highest BCUT2D eigenvalue weighted by Crippen LogP contribution is 2.37. The van der Waals surface area contributed by atoms with Crippen LogP contribution in [0.5, 0.6) is 0 Å². The molecule has 0 radical (unpaired) electrons. The Morgan fingerprint density at radius 2 is 1.79 bits per heavy atom. The smallest absolute Gasteiger partial charge is 0.230 e. The van der Waals surface area contributed by atoms with Crippen molar-refractivity contribution in [2.75, 3.05) is 16.8 Å². The molecule has 1 aliphatic carbocycles. The molecule has 0 saturated heterocycles. The van der Waals surface area contributed by atoms with E-state index in [0.29, 0.717) is 17.8 Å². The second kappa shape index (κ2) is 7.54. The summed E-state index contributed by atoms with van der Waals surface area (Å²) in [6, 6.07) is 10.9. The van der Waals surface area contributed by atoms with Crippen LogP contribution in [0.4, 0.5) is 15.8 Å². The van der Waals surface area contributed by atoms with Gasteiger partial charge in [0.2, 0.25) is 11.8 Å². The Labute approximate surface area is 162 Å². The number of hydrogen-bond donors (Lipinski definition) is 1. The second-order valence-electron chi connectivity index (χ2n) is 7.34. The molecule has 0 atom stereocenters. The predicted octanol–water partition coefficient (Wildman–Crippen LogP) is 3.73. The van der Waals surface area contributed by atoms with Gasteiger partial charge >= 0.3 is 0 Å². The van der Waals surface area contributed by atoms with Gasteiger partial charge in [0.15, 0.2) is 5.78 Å². The van der Waals surface area contributed by atoms with Gasteiger partial charge in [0.25, 0.3) is 0 Å². The van der Waals surface area contributed by atoms with Crippen molar-refractivity contribution in [2.24, 2.45) is 5.92 Å². The standard InChI is InChI=1S/C22H21FN2O3/c23-17-6-3-15(4-7-17)20(26)9-10-21(27)24-18-8-5-14-11-12-25(19(14)13-18)22(28)16-1-2-16/h3-8,13,16H,1-2,9-12H2,(H,24,27). The number of hydrogen-bond acceptors (Lipinski definition) is 3. The van der Waals surface area contributed by atoms with Crippen molar-refractivity contribution in [3.05, 3.63) is 59.4 Å². The summed E-state index contributed by atoms with van der Waals surface area (Å²) in [5.74, 6) is -0.548. The number of nitrogens with zero attached hydrogens (tertiary/aromatic N) is 1. The molecular weight excluding hydrogens is 359 g/mol. The van der Waals surface area contributed by atoms with Gasteiger partial charge < -0.3 is 10.2 Å². The third-order valence-electron chi connectivity index (χ3n) is 5.20. The van der Waals surface area contributed by atoms with E-state index in [0.717, 1.165) is 30.5 Å². The fourth-order valence-corrected chi connectivity index (χ4v) is 3.47. The van der Waals surface area contributed by atoms with Gasteiger partial charge in [-0.3, -0.25) is 14.4 Å². The molecule has 1 N–H and O–H groups in total.